The molecule has 10 aromatic rings. The summed E-state index contributed by atoms with van der Waals surface area (Å²) in [5.74, 6) is 0.131. The van der Waals surface area contributed by atoms with Crippen molar-refractivity contribution in [3.05, 3.63) is 247 Å². The fourth-order valence-corrected chi connectivity index (χ4v) is 8.52. The quantitative estimate of drug-likeness (QED) is 0.138. The number of benzene rings is 9. The summed E-state index contributed by atoms with van der Waals surface area (Å²) in [6.45, 7) is 0. The topological polar surface area (TPSA) is 4.93 Å². The summed E-state index contributed by atoms with van der Waals surface area (Å²) in [6, 6.07) is 83.9. The van der Waals surface area contributed by atoms with Crippen LogP contribution in [-0.2, 0) is 0 Å². The third-order valence-corrected chi connectivity index (χ3v) is 11.2. The molecule has 0 aliphatic rings. The number of nitrogens with zero attached hydrogens (tertiary/aromatic N) is 1. The van der Waals surface area contributed by atoms with Crippen molar-refractivity contribution in [1.82, 2.24) is 4.57 Å². The highest BCUT2D eigenvalue weighted by atomic mass is 15.0. The van der Waals surface area contributed by atoms with Gasteiger partial charge in [-0.3, -0.25) is 0 Å². The van der Waals surface area contributed by atoms with Gasteiger partial charge in [-0.05, 0) is 73.8 Å². The molecule has 0 N–H and O–H groups in total. The smallest absolute Gasteiger partial charge is 0.0547 e. The molecule has 0 unspecified atom stereocenters. The number of hydrogen-bond donors (Lipinski definition) is 0. The predicted molar refractivity (Wildman–Crippen MR) is 236 cm³/mol. The van der Waals surface area contributed by atoms with Crippen LogP contribution in [0.1, 0.15) is 22.6 Å². The lowest BCUT2D eigenvalue weighted by molar-refractivity contribution is 0.978. The third-order valence-electron chi connectivity index (χ3n) is 11.2. The van der Waals surface area contributed by atoms with Crippen LogP contribution in [0.15, 0.2) is 231 Å². The molecule has 9 aromatic carbocycles. The van der Waals surface area contributed by atoms with Gasteiger partial charge in [-0.2, -0.15) is 0 Å². The van der Waals surface area contributed by atoms with Gasteiger partial charge in [-0.1, -0.05) is 212 Å². The first kappa shape index (κ1) is 33.4. The Hall–Kier alpha value is -7.22. The Morgan fingerprint density at radius 3 is 1.43 bits per heavy atom. The first-order valence-electron chi connectivity index (χ1n) is 19.4. The highest BCUT2D eigenvalue weighted by molar-refractivity contribution is 6.11. The minimum atomic E-state index is 0.131. The predicted octanol–water partition coefficient (Wildman–Crippen LogP) is 14.6. The maximum absolute atomic E-state index is 2.46. The fraction of sp³-hybridized carbons (Fsp3) is 0.0182. The summed E-state index contributed by atoms with van der Waals surface area (Å²) in [5, 5.41) is 2.49. The van der Waals surface area contributed by atoms with Gasteiger partial charge in [0.1, 0.15) is 0 Å². The van der Waals surface area contributed by atoms with Gasteiger partial charge in [0.2, 0.25) is 0 Å². The van der Waals surface area contributed by atoms with Gasteiger partial charge >= 0.3 is 0 Å². The van der Waals surface area contributed by atoms with Gasteiger partial charge in [-0.25, -0.2) is 0 Å². The van der Waals surface area contributed by atoms with E-state index in [1.165, 1.54) is 83.0 Å². The van der Waals surface area contributed by atoms with E-state index in [1.807, 2.05) is 0 Å². The van der Waals surface area contributed by atoms with Crippen LogP contribution in [0.4, 0.5) is 0 Å². The zero-order chi connectivity index (χ0) is 37.3. The zero-order valence-corrected chi connectivity index (χ0v) is 31.0. The molecule has 0 aliphatic heterocycles. The monoisotopic (exact) mass is 713 g/mol. The van der Waals surface area contributed by atoms with E-state index in [4.69, 9.17) is 0 Å². The van der Waals surface area contributed by atoms with Crippen molar-refractivity contribution in [2.45, 2.75) is 5.92 Å². The first-order chi connectivity index (χ1) is 27.8. The molecule has 56 heavy (non-hydrogen) atoms. The molecule has 0 aliphatic carbocycles. The van der Waals surface area contributed by atoms with E-state index in [2.05, 4.69) is 235 Å². The van der Waals surface area contributed by atoms with E-state index in [-0.39, 0.29) is 5.92 Å². The van der Waals surface area contributed by atoms with Crippen LogP contribution in [0.2, 0.25) is 0 Å². The molecule has 0 saturated carbocycles. The van der Waals surface area contributed by atoms with E-state index in [0.717, 1.165) is 5.69 Å². The first-order valence-corrected chi connectivity index (χ1v) is 19.4. The molecule has 0 spiro atoms. The molecule has 1 aromatic heterocycles. The van der Waals surface area contributed by atoms with Crippen molar-refractivity contribution >= 4 is 21.8 Å². The van der Waals surface area contributed by atoms with Gasteiger partial charge in [-0.15, -0.1) is 0 Å². The van der Waals surface area contributed by atoms with Crippen LogP contribution in [0, 0.1) is 0 Å². The Bertz CT molecular complexity index is 2900. The second-order valence-corrected chi connectivity index (χ2v) is 14.5. The maximum Gasteiger partial charge on any atom is 0.0547 e. The van der Waals surface area contributed by atoms with Crippen molar-refractivity contribution in [3.63, 3.8) is 0 Å². The SMILES string of the molecule is c1ccc(-c2ccc(-c3ccccc3-n3c4ccccc4c4ccc(-c5ccccc5-c5cccc(C(c6ccccc6)c6ccccc6)c5)cc43)cc2)cc1. The van der Waals surface area contributed by atoms with Crippen LogP contribution < -0.4 is 0 Å². The van der Waals surface area contributed by atoms with E-state index in [9.17, 15) is 0 Å². The molecule has 0 amide bonds. The molecule has 0 bridgehead atoms. The van der Waals surface area contributed by atoms with E-state index < -0.39 is 0 Å². The molecular weight excluding hydrogens is 675 g/mol. The van der Waals surface area contributed by atoms with Gasteiger partial charge in [0, 0.05) is 22.3 Å². The summed E-state index contributed by atoms with van der Waals surface area (Å²) in [5.41, 5.74) is 17.1. The summed E-state index contributed by atoms with van der Waals surface area (Å²) in [7, 11) is 0. The van der Waals surface area contributed by atoms with Crippen molar-refractivity contribution in [2.24, 2.45) is 0 Å². The largest absolute Gasteiger partial charge is 0.309 e. The van der Waals surface area contributed by atoms with Crippen LogP contribution in [0.5, 0.6) is 0 Å². The van der Waals surface area contributed by atoms with Gasteiger partial charge in [0.05, 0.1) is 16.7 Å². The molecular formula is C55H39N. The molecule has 1 heterocycles. The Balaban J connectivity index is 1.10. The van der Waals surface area contributed by atoms with E-state index in [0.29, 0.717) is 0 Å². The normalized spacial score (nSPS) is 11.4. The molecule has 10 rings (SSSR count). The number of fused-ring (bicyclic) bond motifs is 3. The number of para-hydroxylation sites is 2. The van der Waals surface area contributed by atoms with E-state index >= 15 is 0 Å². The maximum atomic E-state index is 2.46. The number of hydrogen-bond acceptors (Lipinski definition) is 0. The Labute approximate surface area is 328 Å². The number of aromatic nitrogens is 1. The Kier molecular flexibility index (Phi) is 8.67. The van der Waals surface area contributed by atoms with E-state index in [1.54, 1.807) is 0 Å². The van der Waals surface area contributed by atoms with Crippen LogP contribution in [-0.4, -0.2) is 4.57 Å². The average molecular weight is 714 g/mol. The fourth-order valence-electron chi connectivity index (χ4n) is 8.52. The van der Waals surface area contributed by atoms with Gasteiger partial charge in [0.15, 0.2) is 0 Å². The van der Waals surface area contributed by atoms with Crippen molar-refractivity contribution < 1.29 is 0 Å². The molecule has 0 radical (unpaired) electrons. The lowest BCUT2D eigenvalue weighted by Crippen LogP contribution is -2.03. The summed E-state index contributed by atoms with van der Waals surface area (Å²) < 4.78 is 2.46. The lowest BCUT2D eigenvalue weighted by Gasteiger charge is -2.20. The van der Waals surface area contributed by atoms with Crippen LogP contribution >= 0.6 is 0 Å². The minimum absolute atomic E-state index is 0.131. The van der Waals surface area contributed by atoms with Crippen molar-refractivity contribution in [3.8, 4) is 50.2 Å². The molecule has 0 atom stereocenters. The van der Waals surface area contributed by atoms with Crippen molar-refractivity contribution in [1.29, 1.82) is 0 Å². The van der Waals surface area contributed by atoms with Crippen LogP contribution in [0.3, 0.4) is 0 Å². The van der Waals surface area contributed by atoms with Crippen LogP contribution in [0.25, 0.3) is 72.0 Å². The molecule has 264 valence electrons. The van der Waals surface area contributed by atoms with Gasteiger partial charge in [0.25, 0.3) is 0 Å². The third kappa shape index (κ3) is 6.10. The number of rotatable bonds is 8. The van der Waals surface area contributed by atoms with Gasteiger partial charge < -0.3 is 4.57 Å². The second kappa shape index (κ2) is 14.5. The standard InChI is InChI=1S/C55H39N/c1-4-17-39(18-5-1)40-31-33-41(34-32-40)49-27-12-14-29-52(49)56-53-30-15-13-28-50(53)51-36-35-45(38-54(51)56)48-26-11-10-25-47(48)44-23-16-24-46(37-44)55(42-19-6-2-7-20-42)43-21-8-3-9-22-43/h1-38,55H. The average Bonchev–Trinajstić information content (AvgIpc) is 3.61. The molecule has 1 heteroatoms. The summed E-state index contributed by atoms with van der Waals surface area (Å²) >= 11 is 0. The Morgan fingerprint density at radius 2 is 0.732 bits per heavy atom. The lowest BCUT2D eigenvalue weighted by atomic mass is 9.83. The molecule has 0 fully saturated rings. The molecule has 0 saturated heterocycles. The highest BCUT2D eigenvalue weighted by Crippen LogP contribution is 2.41. The zero-order valence-electron chi connectivity index (χ0n) is 31.0. The Morgan fingerprint density at radius 1 is 0.268 bits per heavy atom. The minimum Gasteiger partial charge on any atom is -0.309 e. The summed E-state index contributed by atoms with van der Waals surface area (Å²) in [4.78, 5) is 0. The highest BCUT2D eigenvalue weighted by Gasteiger charge is 2.20. The molecule has 1 nitrogen and oxygen atoms in total. The summed E-state index contributed by atoms with van der Waals surface area (Å²) in [6.07, 6.45) is 0. The van der Waals surface area contributed by atoms with Crippen molar-refractivity contribution in [2.75, 3.05) is 0 Å². The second-order valence-electron chi connectivity index (χ2n) is 14.5.